The third-order valence-electron chi connectivity index (χ3n) is 3.86. The Hall–Kier alpha value is -1.07. The minimum atomic E-state index is -0.238. The third-order valence-corrected chi connectivity index (χ3v) is 4.48. The lowest BCUT2D eigenvalue weighted by Gasteiger charge is -2.33. The van der Waals surface area contributed by atoms with Crippen LogP contribution < -0.4 is 15.8 Å². The molecule has 0 unspecified atom stereocenters. The SMILES string of the molecule is COc1ccc(C(=O)NCC2(N)CCCCC2)cc1Br. The van der Waals surface area contributed by atoms with Crippen molar-refractivity contribution < 1.29 is 9.53 Å². The number of amides is 1. The first kappa shape index (κ1) is 15.3. The first-order chi connectivity index (χ1) is 9.54. The summed E-state index contributed by atoms with van der Waals surface area (Å²) in [5.74, 6) is 0.618. The van der Waals surface area contributed by atoms with Crippen LogP contribution in [0.1, 0.15) is 42.5 Å². The number of hydrogen-bond donors (Lipinski definition) is 2. The zero-order valence-electron chi connectivity index (χ0n) is 11.7. The van der Waals surface area contributed by atoms with Crippen LogP contribution in [0.15, 0.2) is 22.7 Å². The summed E-state index contributed by atoms with van der Waals surface area (Å²) < 4.78 is 5.92. The number of benzene rings is 1. The second-order valence-electron chi connectivity index (χ2n) is 5.46. The Bertz CT molecular complexity index is 485. The number of halogens is 1. The fourth-order valence-corrected chi connectivity index (χ4v) is 3.14. The van der Waals surface area contributed by atoms with Crippen LogP contribution in [0.5, 0.6) is 5.75 Å². The van der Waals surface area contributed by atoms with Crippen LogP contribution in [0.4, 0.5) is 0 Å². The predicted molar refractivity (Wildman–Crippen MR) is 83.0 cm³/mol. The van der Waals surface area contributed by atoms with E-state index < -0.39 is 0 Å². The number of rotatable bonds is 4. The van der Waals surface area contributed by atoms with Gasteiger partial charge in [0.1, 0.15) is 5.75 Å². The monoisotopic (exact) mass is 340 g/mol. The van der Waals surface area contributed by atoms with Crippen LogP contribution in [0.25, 0.3) is 0 Å². The van der Waals surface area contributed by atoms with E-state index in [9.17, 15) is 4.79 Å². The number of carbonyl (C=O) groups is 1. The number of nitrogens with two attached hydrogens (primary N) is 1. The van der Waals surface area contributed by atoms with Crippen molar-refractivity contribution in [2.24, 2.45) is 5.73 Å². The van der Waals surface area contributed by atoms with E-state index in [-0.39, 0.29) is 11.4 Å². The van der Waals surface area contributed by atoms with Gasteiger partial charge in [0.25, 0.3) is 5.91 Å². The van der Waals surface area contributed by atoms with Crippen molar-refractivity contribution in [3.63, 3.8) is 0 Å². The highest BCUT2D eigenvalue weighted by molar-refractivity contribution is 9.10. The third kappa shape index (κ3) is 3.73. The molecule has 0 bridgehead atoms. The molecule has 110 valence electrons. The van der Waals surface area contributed by atoms with Gasteiger partial charge in [0, 0.05) is 17.6 Å². The van der Waals surface area contributed by atoms with Gasteiger partial charge in [0.2, 0.25) is 0 Å². The molecule has 0 heterocycles. The van der Waals surface area contributed by atoms with Gasteiger partial charge < -0.3 is 15.8 Å². The number of ether oxygens (including phenoxy) is 1. The van der Waals surface area contributed by atoms with E-state index in [0.717, 1.165) is 30.2 Å². The molecule has 5 heteroatoms. The van der Waals surface area contributed by atoms with Crippen LogP contribution in [0.3, 0.4) is 0 Å². The Labute approximate surface area is 128 Å². The maximum absolute atomic E-state index is 12.2. The van der Waals surface area contributed by atoms with Crippen LogP contribution in [0.2, 0.25) is 0 Å². The molecule has 0 aromatic heterocycles. The molecule has 1 aromatic rings. The molecule has 4 nitrogen and oxygen atoms in total. The van der Waals surface area contributed by atoms with Crippen molar-refractivity contribution in [2.75, 3.05) is 13.7 Å². The first-order valence-corrected chi connectivity index (χ1v) is 7.74. The van der Waals surface area contributed by atoms with Crippen molar-refractivity contribution in [2.45, 2.75) is 37.6 Å². The molecular weight excluding hydrogens is 320 g/mol. The summed E-state index contributed by atoms with van der Waals surface area (Å²) in [6, 6.07) is 5.29. The van der Waals surface area contributed by atoms with Gasteiger partial charge in [-0.3, -0.25) is 4.79 Å². The van der Waals surface area contributed by atoms with Gasteiger partial charge in [-0.05, 0) is 47.0 Å². The molecule has 1 aliphatic rings. The minimum Gasteiger partial charge on any atom is -0.496 e. The molecule has 0 aliphatic heterocycles. The Morgan fingerprint density at radius 2 is 2.10 bits per heavy atom. The smallest absolute Gasteiger partial charge is 0.251 e. The lowest BCUT2D eigenvalue weighted by molar-refractivity contribution is 0.0937. The van der Waals surface area contributed by atoms with E-state index in [1.54, 1.807) is 25.3 Å². The maximum Gasteiger partial charge on any atom is 0.251 e. The summed E-state index contributed by atoms with van der Waals surface area (Å²) in [6.45, 7) is 0.537. The van der Waals surface area contributed by atoms with E-state index in [1.165, 1.54) is 6.42 Å². The molecule has 1 aromatic carbocycles. The zero-order chi connectivity index (χ0) is 14.6. The number of methoxy groups -OCH3 is 1. The van der Waals surface area contributed by atoms with Crippen molar-refractivity contribution in [3.8, 4) is 5.75 Å². The largest absolute Gasteiger partial charge is 0.496 e. The first-order valence-electron chi connectivity index (χ1n) is 6.95. The topological polar surface area (TPSA) is 64.3 Å². The van der Waals surface area contributed by atoms with E-state index in [1.807, 2.05) is 0 Å². The average Bonchev–Trinajstić information content (AvgIpc) is 2.45. The summed E-state index contributed by atoms with van der Waals surface area (Å²) >= 11 is 3.38. The number of carbonyl (C=O) groups excluding carboxylic acids is 1. The van der Waals surface area contributed by atoms with Crippen LogP contribution in [-0.4, -0.2) is 25.1 Å². The second-order valence-corrected chi connectivity index (χ2v) is 6.31. The summed E-state index contributed by atoms with van der Waals surface area (Å²) in [7, 11) is 1.60. The molecule has 1 saturated carbocycles. The van der Waals surface area contributed by atoms with E-state index in [2.05, 4.69) is 21.2 Å². The fourth-order valence-electron chi connectivity index (χ4n) is 2.60. The van der Waals surface area contributed by atoms with Gasteiger partial charge in [0.15, 0.2) is 0 Å². The van der Waals surface area contributed by atoms with Gasteiger partial charge in [-0.2, -0.15) is 0 Å². The van der Waals surface area contributed by atoms with E-state index in [0.29, 0.717) is 17.9 Å². The summed E-state index contributed by atoms with van der Waals surface area (Å²) in [4.78, 5) is 12.2. The summed E-state index contributed by atoms with van der Waals surface area (Å²) in [5.41, 5.74) is 6.69. The zero-order valence-corrected chi connectivity index (χ0v) is 13.3. The van der Waals surface area contributed by atoms with E-state index >= 15 is 0 Å². The summed E-state index contributed by atoms with van der Waals surface area (Å²) in [5, 5.41) is 2.95. The average molecular weight is 341 g/mol. The van der Waals surface area contributed by atoms with Crippen molar-refractivity contribution in [3.05, 3.63) is 28.2 Å². The maximum atomic E-state index is 12.2. The second kappa shape index (κ2) is 6.59. The van der Waals surface area contributed by atoms with Gasteiger partial charge in [0.05, 0.1) is 11.6 Å². The van der Waals surface area contributed by atoms with Crippen molar-refractivity contribution >= 4 is 21.8 Å². The molecular formula is C15H21BrN2O2. The van der Waals surface area contributed by atoms with Gasteiger partial charge >= 0.3 is 0 Å². The molecule has 0 saturated heterocycles. The number of nitrogens with one attached hydrogen (secondary N) is 1. The van der Waals surface area contributed by atoms with Gasteiger partial charge in [-0.1, -0.05) is 19.3 Å². The fraction of sp³-hybridized carbons (Fsp3) is 0.533. The van der Waals surface area contributed by atoms with Crippen LogP contribution in [-0.2, 0) is 0 Å². The van der Waals surface area contributed by atoms with Crippen LogP contribution in [0, 0.1) is 0 Å². The molecule has 1 amide bonds. The Morgan fingerprint density at radius 1 is 1.40 bits per heavy atom. The molecule has 2 rings (SSSR count). The molecule has 0 spiro atoms. The Morgan fingerprint density at radius 3 is 2.70 bits per heavy atom. The summed E-state index contributed by atoms with van der Waals surface area (Å²) in [6.07, 6.45) is 5.53. The van der Waals surface area contributed by atoms with Crippen molar-refractivity contribution in [1.29, 1.82) is 0 Å². The molecule has 0 radical (unpaired) electrons. The van der Waals surface area contributed by atoms with Crippen LogP contribution >= 0.6 is 15.9 Å². The molecule has 20 heavy (non-hydrogen) atoms. The highest BCUT2D eigenvalue weighted by atomic mass is 79.9. The minimum absolute atomic E-state index is 0.0937. The molecule has 0 atom stereocenters. The van der Waals surface area contributed by atoms with E-state index in [4.69, 9.17) is 10.5 Å². The highest BCUT2D eigenvalue weighted by Crippen LogP contribution is 2.27. The standard InChI is InChI=1S/C15H21BrN2O2/c1-20-13-6-5-11(9-12(13)16)14(19)18-10-15(17)7-3-2-4-8-15/h5-6,9H,2-4,7-8,10,17H2,1H3,(H,18,19). The van der Waals surface area contributed by atoms with Gasteiger partial charge in [-0.25, -0.2) is 0 Å². The predicted octanol–water partition coefficient (Wildman–Crippen LogP) is 2.85. The Kier molecular flexibility index (Phi) is 5.05. The quantitative estimate of drug-likeness (QED) is 0.885. The lowest BCUT2D eigenvalue weighted by Crippen LogP contribution is -2.51. The number of hydrogen-bond acceptors (Lipinski definition) is 3. The molecule has 3 N–H and O–H groups in total. The van der Waals surface area contributed by atoms with Gasteiger partial charge in [-0.15, -0.1) is 0 Å². The highest BCUT2D eigenvalue weighted by Gasteiger charge is 2.27. The lowest BCUT2D eigenvalue weighted by atomic mass is 9.82. The Balaban J connectivity index is 1.96. The molecule has 1 fully saturated rings. The normalized spacial score (nSPS) is 17.6. The molecule has 1 aliphatic carbocycles. The van der Waals surface area contributed by atoms with Crippen molar-refractivity contribution in [1.82, 2.24) is 5.32 Å².